The first kappa shape index (κ1) is 25.6. The molecule has 0 aromatic heterocycles. The van der Waals surface area contributed by atoms with E-state index in [1.54, 1.807) is 0 Å². The van der Waals surface area contributed by atoms with Gasteiger partial charge in [-0.3, -0.25) is 0 Å². The second kappa shape index (κ2) is 10.4. The van der Waals surface area contributed by atoms with Crippen molar-refractivity contribution in [3.05, 3.63) is 132 Å². The van der Waals surface area contributed by atoms with Crippen LogP contribution in [0.15, 0.2) is 115 Å². The third-order valence-corrected chi connectivity index (χ3v) is 8.81. The predicted molar refractivity (Wildman–Crippen MR) is 171 cm³/mol. The van der Waals surface area contributed by atoms with Crippen molar-refractivity contribution in [2.45, 2.75) is 18.1 Å². The van der Waals surface area contributed by atoms with Gasteiger partial charge in [0.1, 0.15) is 48.4 Å². The minimum atomic E-state index is -0.0377. The molecule has 2 unspecified atom stereocenters. The van der Waals surface area contributed by atoms with Crippen LogP contribution in [0, 0.1) is 0 Å². The number of fused-ring (bicyclic) bond motifs is 6. The molecule has 2 saturated heterocycles. The zero-order valence-electron chi connectivity index (χ0n) is 24.1. The fraction of sp³-hybridized carbons (Fsp3) is 0.179. The molecule has 5 heteroatoms. The van der Waals surface area contributed by atoms with E-state index < -0.39 is 0 Å². The molecule has 5 nitrogen and oxygen atoms in total. The smallest absolute Gasteiger partial charge is 0.132 e. The van der Waals surface area contributed by atoms with Crippen LogP contribution in [0.2, 0.25) is 0 Å². The normalized spacial score (nSPS) is 19.6. The van der Waals surface area contributed by atoms with Crippen LogP contribution in [0.3, 0.4) is 0 Å². The fourth-order valence-electron chi connectivity index (χ4n) is 6.38. The number of hydrogen-bond acceptors (Lipinski definition) is 5. The van der Waals surface area contributed by atoms with Gasteiger partial charge in [0.05, 0.1) is 13.2 Å². The second-order valence-corrected chi connectivity index (χ2v) is 11.8. The van der Waals surface area contributed by atoms with Crippen LogP contribution in [0.4, 0.5) is 0 Å². The van der Waals surface area contributed by atoms with E-state index in [4.69, 9.17) is 23.7 Å². The highest BCUT2D eigenvalue weighted by Crippen LogP contribution is 2.52. The summed E-state index contributed by atoms with van der Waals surface area (Å²) in [7, 11) is 0. The molecular weight excluding hydrogens is 548 g/mol. The van der Waals surface area contributed by atoms with Crippen molar-refractivity contribution in [3.8, 4) is 34.1 Å². The summed E-state index contributed by atoms with van der Waals surface area (Å²) < 4.78 is 29.4. The Morgan fingerprint density at radius 1 is 0.545 bits per heavy atom. The molecular formula is C39H30O5. The van der Waals surface area contributed by atoms with Crippen molar-refractivity contribution in [2.24, 2.45) is 0 Å². The van der Waals surface area contributed by atoms with Gasteiger partial charge >= 0.3 is 0 Å². The molecule has 0 amide bonds. The van der Waals surface area contributed by atoms with Gasteiger partial charge in [0.25, 0.3) is 0 Å². The molecule has 0 radical (unpaired) electrons. The van der Waals surface area contributed by atoms with E-state index in [-0.39, 0.29) is 18.1 Å². The van der Waals surface area contributed by atoms with Gasteiger partial charge in [-0.05, 0) is 74.6 Å². The van der Waals surface area contributed by atoms with Crippen LogP contribution in [0.1, 0.15) is 22.6 Å². The monoisotopic (exact) mass is 578 g/mol. The molecule has 9 rings (SSSR count). The average molecular weight is 579 g/mol. The van der Waals surface area contributed by atoms with Crippen LogP contribution in [-0.2, 0) is 9.47 Å². The maximum atomic E-state index is 6.68. The highest BCUT2D eigenvalue weighted by Gasteiger charge is 2.33. The van der Waals surface area contributed by atoms with Gasteiger partial charge in [0, 0.05) is 17.0 Å². The van der Waals surface area contributed by atoms with Gasteiger partial charge in [-0.15, -0.1) is 0 Å². The maximum Gasteiger partial charge on any atom is 0.132 e. The third-order valence-electron chi connectivity index (χ3n) is 8.81. The summed E-state index contributed by atoms with van der Waals surface area (Å²) in [5.41, 5.74) is 5.95. The van der Waals surface area contributed by atoms with Crippen molar-refractivity contribution in [1.29, 1.82) is 0 Å². The van der Waals surface area contributed by atoms with Crippen LogP contribution in [0.25, 0.3) is 32.7 Å². The largest absolute Gasteiger partial charge is 0.491 e. The molecule has 44 heavy (non-hydrogen) atoms. The maximum absolute atomic E-state index is 6.68. The van der Waals surface area contributed by atoms with Gasteiger partial charge in [-0.2, -0.15) is 0 Å². The lowest BCUT2D eigenvalue weighted by atomic mass is 9.78. The van der Waals surface area contributed by atoms with Crippen molar-refractivity contribution in [2.75, 3.05) is 26.4 Å². The van der Waals surface area contributed by atoms with Gasteiger partial charge in [0.15, 0.2) is 0 Å². The summed E-state index contributed by atoms with van der Waals surface area (Å²) in [5, 5.41) is 4.55. The zero-order chi connectivity index (χ0) is 29.0. The minimum Gasteiger partial charge on any atom is -0.491 e. The SMILES string of the molecule is c1ccc(-c2ccc(C3c4c(ccc5cc(OCC6CO6)ccc45)Oc4ccc5cc(OCC6CO6)ccc5c43)cc2)cc1. The molecule has 2 atom stereocenters. The van der Waals surface area contributed by atoms with E-state index in [1.165, 1.54) is 27.8 Å². The first-order valence-corrected chi connectivity index (χ1v) is 15.2. The number of rotatable bonds is 8. The molecule has 0 bridgehead atoms. The Morgan fingerprint density at radius 2 is 1.07 bits per heavy atom. The van der Waals surface area contributed by atoms with Crippen LogP contribution >= 0.6 is 0 Å². The number of hydrogen-bond donors (Lipinski definition) is 0. The van der Waals surface area contributed by atoms with Crippen LogP contribution in [0.5, 0.6) is 23.0 Å². The lowest BCUT2D eigenvalue weighted by molar-refractivity contribution is 0.263. The number of benzene rings is 6. The quantitative estimate of drug-likeness (QED) is 0.169. The Hall–Kier alpha value is -4.84. The molecule has 0 spiro atoms. The zero-order valence-corrected chi connectivity index (χ0v) is 24.1. The standard InChI is InChI=1S/C39H30O5/c1-2-4-24(5-3-1)25-6-8-26(9-7-25)37-38-33-14-12-29(40-20-31-22-42-31)18-27(33)10-16-35(38)44-36-17-11-28-19-30(41-21-32-23-43-32)13-15-34(28)39(36)37/h1-19,31-32,37H,20-23H2. The van der Waals surface area contributed by atoms with E-state index in [0.717, 1.165) is 57.8 Å². The molecule has 6 aromatic rings. The summed E-state index contributed by atoms with van der Waals surface area (Å²) in [6.07, 6.45) is 0.423. The van der Waals surface area contributed by atoms with Crippen LogP contribution in [-0.4, -0.2) is 38.6 Å². The minimum absolute atomic E-state index is 0.0377. The van der Waals surface area contributed by atoms with Gasteiger partial charge in [0.2, 0.25) is 0 Å². The summed E-state index contributed by atoms with van der Waals surface area (Å²) >= 11 is 0. The van der Waals surface area contributed by atoms with E-state index in [0.29, 0.717) is 13.2 Å². The summed E-state index contributed by atoms with van der Waals surface area (Å²) in [6.45, 7) is 2.71. The molecule has 3 aliphatic heterocycles. The fourth-order valence-corrected chi connectivity index (χ4v) is 6.38. The van der Waals surface area contributed by atoms with E-state index >= 15 is 0 Å². The Kier molecular flexibility index (Phi) is 6.06. The van der Waals surface area contributed by atoms with Gasteiger partial charge < -0.3 is 23.7 Å². The molecule has 0 N–H and O–H groups in total. The first-order chi connectivity index (χ1) is 21.8. The third kappa shape index (κ3) is 4.75. The van der Waals surface area contributed by atoms with Gasteiger partial charge in [-0.25, -0.2) is 0 Å². The molecule has 6 aromatic carbocycles. The average Bonchev–Trinajstić information content (AvgIpc) is 4.02. The van der Waals surface area contributed by atoms with Crippen LogP contribution < -0.4 is 14.2 Å². The predicted octanol–water partition coefficient (Wildman–Crippen LogP) is 8.50. The number of ether oxygens (including phenoxy) is 5. The summed E-state index contributed by atoms with van der Waals surface area (Å²) in [6, 6.07) is 40.7. The molecule has 0 aliphatic carbocycles. The highest BCUT2D eigenvalue weighted by molar-refractivity contribution is 5.96. The topological polar surface area (TPSA) is 52.8 Å². The second-order valence-electron chi connectivity index (χ2n) is 11.8. The highest BCUT2D eigenvalue weighted by atomic mass is 16.6. The number of epoxide rings is 2. The molecule has 3 heterocycles. The van der Waals surface area contributed by atoms with E-state index in [9.17, 15) is 0 Å². The summed E-state index contributed by atoms with van der Waals surface area (Å²) in [4.78, 5) is 0. The van der Waals surface area contributed by atoms with Crippen molar-refractivity contribution >= 4 is 21.5 Å². The Balaban J connectivity index is 1.19. The molecule has 2 fully saturated rings. The van der Waals surface area contributed by atoms with Crippen molar-refractivity contribution in [3.63, 3.8) is 0 Å². The Bertz CT molecular complexity index is 1900. The van der Waals surface area contributed by atoms with Crippen molar-refractivity contribution in [1.82, 2.24) is 0 Å². The Labute approximate surface area is 255 Å². The lowest BCUT2D eigenvalue weighted by Gasteiger charge is -2.31. The first-order valence-electron chi connectivity index (χ1n) is 15.2. The Morgan fingerprint density at radius 3 is 1.59 bits per heavy atom. The molecule has 0 saturated carbocycles. The molecule has 216 valence electrons. The molecule has 3 aliphatic rings. The van der Waals surface area contributed by atoms with E-state index in [2.05, 4.69) is 115 Å². The summed E-state index contributed by atoms with van der Waals surface area (Å²) in [5.74, 6) is 3.42. The van der Waals surface area contributed by atoms with Gasteiger partial charge in [-0.1, -0.05) is 78.9 Å². The van der Waals surface area contributed by atoms with Crippen molar-refractivity contribution < 1.29 is 23.7 Å². The lowest BCUT2D eigenvalue weighted by Crippen LogP contribution is -2.13. The van der Waals surface area contributed by atoms with E-state index in [1.807, 2.05) is 0 Å².